The van der Waals surface area contributed by atoms with Gasteiger partial charge in [-0.25, -0.2) is 0 Å². The van der Waals surface area contributed by atoms with Crippen molar-refractivity contribution in [2.75, 3.05) is 39.4 Å². The smallest absolute Gasteiger partial charge is 0.253 e. The van der Waals surface area contributed by atoms with Gasteiger partial charge in [-0.15, -0.1) is 0 Å². The fourth-order valence-corrected chi connectivity index (χ4v) is 3.84. The van der Waals surface area contributed by atoms with Crippen molar-refractivity contribution in [3.8, 4) is 11.3 Å². The van der Waals surface area contributed by atoms with Crippen molar-refractivity contribution in [1.82, 2.24) is 9.80 Å². The van der Waals surface area contributed by atoms with Gasteiger partial charge in [-0.05, 0) is 37.1 Å². The van der Waals surface area contributed by atoms with E-state index in [0.717, 1.165) is 24.2 Å². The number of hydrogen-bond donors (Lipinski definition) is 0. The molecule has 142 valence electrons. The Labute approximate surface area is 158 Å². The van der Waals surface area contributed by atoms with Crippen LogP contribution in [0.5, 0.6) is 0 Å². The van der Waals surface area contributed by atoms with E-state index in [1.54, 1.807) is 6.26 Å². The summed E-state index contributed by atoms with van der Waals surface area (Å²) in [6, 6.07) is 11.2. The Morgan fingerprint density at radius 2 is 1.85 bits per heavy atom. The van der Waals surface area contributed by atoms with Crippen molar-refractivity contribution in [2.45, 2.75) is 12.8 Å². The van der Waals surface area contributed by atoms with E-state index in [9.17, 15) is 9.59 Å². The first-order valence-electron chi connectivity index (χ1n) is 9.52. The van der Waals surface area contributed by atoms with Gasteiger partial charge < -0.3 is 19.0 Å². The van der Waals surface area contributed by atoms with Crippen LogP contribution >= 0.6 is 0 Å². The molecular weight excluding hydrogens is 344 g/mol. The summed E-state index contributed by atoms with van der Waals surface area (Å²) in [6.07, 6.45) is 3.31. The minimum atomic E-state index is -0.117. The van der Waals surface area contributed by atoms with Crippen LogP contribution in [-0.2, 0) is 9.53 Å². The summed E-state index contributed by atoms with van der Waals surface area (Å²) in [7, 11) is 0. The summed E-state index contributed by atoms with van der Waals surface area (Å²) in [5, 5.41) is 0. The maximum atomic E-state index is 13.0. The number of ether oxygens (including phenoxy) is 1. The fraction of sp³-hybridized carbons (Fsp3) is 0.429. The van der Waals surface area contributed by atoms with Gasteiger partial charge in [0.2, 0.25) is 5.91 Å². The zero-order valence-electron chi connectivity index (χ0n) is 15.3. The lowest BCUT2D eigenvalue weighted by atomic mass is 9.95. The molecule has 2 fully saturated rings. The average molecular weight is 368 g/mol. The van der Waals surface area contributed by atoms with Crippen LogP contribution in [-0.4, -0.2) is 61.0 Å². The second-order valence-corrected chi connectivity index (χ2v) is 7.09. The third-order valence-corrected chi connectivity index (χ3v) is 5.30. The van der Waals surface area contributed by atoms with E-state index >= 15 is 0 Å². The van der Waals surface area contributed by atoms with Crippen LogP contribution in [0.2, 0.25) is 0 Å². The molecule has 0 spiro atoms. The molecule has 2 aliphatic heterocycles. The average Bonchev–Trinajstić information content (AvgIpc) is 3.28. The highest BCUT2D eigenvalue weighted by atomic mass is 16.5. The molecule has 2 aromatic rings. The highest BCUT2D eigenvalue weighted by Gasteiger charge is 2.32. The SMILES string of the molecule is O=C(c1cccc(-c2ccco2)c1)N1CCC[C@@H](C(=O)N2CCOCC2)C1. The van der Waals surface area contributed by atoms with Gasteiger partial charge in [-0.1, -0.05) is 12.1 Å². The molecule has 4 rings (SSSR count). The first kappa shape index (κ1) is 17.8. The number of carbonyl (C=O) groups is 2. The lowest BCUT2D eigenvalue weighted by Gasteiger charge is -2.36. The highest BCUT2D eigenvalue weighted by Crippen LogP contribution is 2.24. The summed E-state index contributed by atoms with van der Waals surface area (Å²) in [6.45, 7) is 3.67. The van der Waals surface area contributed by atoms with E-state index in [2.05, 4.69) is 0 Å². The molecule has 6 heteroatoms. The molecule has 0 N–H and O–H groups in total. The molecule has 2 saturated heterocycles. The Hall–Kier alpha value is -2.60. The van der Waals surface area contributed by atoms with Gasteiger partial charge in [0.05, 0.1) is 25.4 Å². The summed E-state index contributed by atoms with van der Waals surface area (Å²) in [4.78, 5) is 29.5. The molecule has 3 heterocycles. The standard InChI is InChI=1S/C21H24N2O4/c24-20(17-5-1-4-16(14-17)19-7-3-11-27-19)23-8-2-6-18(15-23)21(25)22-9-12-26-13-10-22/h1,3-5,7,11,14,18H,2,6,8-10,12-13,15H2/t18-/m1/s1. The molecule has 2 amide bonds. The monoisotopic (exact) mass is 368 g/mol. The number of likely N-dealkylation sites (tertiary alicyclic amines) is 1. The minimum absolute atomic E-state index is 0.0251. The zero-order chi connectivity index (χ0) is 18.6. The predicted molar refractivity (Wildman–Crippen MR) is 100 cm³/mol. The summed E-state index contributed by atoms with van der Waals surface area (Å²) in [5.74, 6) is 0.751. The minimum Gasteiger partial charge on any atom is -0.464 e. The topological polar surface area (TPSA) is 63.0 Å². The first-order chi connectivity index (χ1) is 13.2. The second-order valence-electron chi connectivity index (χ2n) is 7.09. The molecule has 0 saturated carbocycles. The molecule has 2 aliphatic rings. The van der Waals surface area contributed by atoms with Gasteiger partial charge in [-0.2, -0.15) is 0 Å². The summed E-state index contributed by atoms with van der Waals surface area (Å²) < 4.78 is 10.8. The third kappa shape index (κ3) is 3.90. The third-order valence-electron chi connectivity index (χ3n) is 5.30. The number of morpholine rings is 1. The van der Waals surface area contributed by atoms with E-state index in [0.29, 0.717) is 45.0 Å². The Balaban J connectivity index is 1.45. The van der Waals surface area contributed by atoms with Crippen LogP contribution in [0, 0.1) is 5.92 Å². The summed E-state index contributed by atoms with van der Waals surface area (Å²) in [5.41, 5.74) is 1.51. The van der Waals surface area contributed by atoms with Crippen LogP contribution in [0.4, 0.5) is 0 Å². The Kier molecular flexibility index (Phi) is 5.25. The van der Waals surface area contributed by atoms with E-state index in [1.165, 1.54) is 0 Å². The Bertz CT molecular complexity index is 796. The number of piperidine rings is 1. The molecule has 1 aromatic carbocycles. The first-order valence-corrected chi connectivity index (χ1v) is 9.52. The Morgan fingerprint density at radius 3 is 2.63 bits per heavy atom. The van der Waals surface area contributed by atoms with Crippen molar-refractivity contribution < 1.29 is 18.7 Å². The van der Waals surface area contributed by atoms with Crippen molar-refractivity contribution in [3.05, 3.63) is 48.2 Å². The molecule has 27 heavy (non-hydrogen) atoms. The van der Waals surface area contributed by atoms with Crippen molar-refractivity contribution in [1.29, 1.82) is 0 Å². The van der Waals surface area contributed by atoms with Crippen molar-refractivity contribution in [3.63, 3.8) is 0 Å². The second kappa shape index (κ2) is 7.96. The molecule has 0 radical (unpaired) electrons. The summed E-state index contributed by atoms with van der Waals surface area (Å²) >= 11 is 0. The lowest BCUT2D eigenvalue weighted by Crippen LogP contribution is -2.49. The van der Waals surface area contributed by atoms with Crippen LogP contribution in [0.15, 0.2) is 47.1 Å². The molecule has 0 aliphatic carbocycles. The predicted octanol–water partition coefficient (Wildman–Crippen LogP) is 2.66. The number of nitrogens with zero attached hydrogens (tertiary/aromatic N) is 2. The van der Waals surface area contributed by atoms with Gasteiger partial charge in [0.1, 0.15) is 5.76 Å². The molecule has 6 nitrogen and oxygen atoms in total. The van der Waals surface area contributed by atoms with Gasteiger partial charge in [-0.3, -0.25) is 9.59 Å². The fourth-order valence-electron chi connectivity index (χ4n) is 3.84. The largest absolute Gasteiger partial charge is 0.464 e. The van der Waals surface area contributed by atoms with E-state index < -0.39 is 0 Å². The molecule has 0 unspecified atom stereocenters. The van der Waals surface area contributed by atoms with Gasteiger partial charge in [0, 0.05) is 37.3 Å². The molecule has 0 bridgehead atoms. The lowest BCUT2D eigenvalue weighted by molar-refractivity contribution is -0.141. The van der Waals surface area contributed by atoms with E-state index in [-0.39, 0.29) is 17.7 Å². The number of carbonyl (C=O) groups excluding carboxylic acids is 2. The molecular formula is C21H24N2O4. The quantitative estimate of drug-likeness (QED) is 0.836. The number of amides is 2. The number of benzene rings is 1. The van der Waals surface area contributed by atoms with Crippen LogP contribution in [0.25, 0.3) is 11.3 Å². The van der Waals surface area contributed by atoms with Crippen LogP contribution < -0.4 is 0 Å². The molecule has 1 atom stereocenters. The molecule has 1 aromatic heterocycles. The normalized spacial score (nSPS) is 20.5. The van der Waals surface area contributed by atoms with Gasteiger partial charge in [0.25, 0.3) is 5.91 Å². The van der Waals surface area contributed by atoms with Gasteiger partial charge in [0.15, 0.2) is 0 Å². The highest BCUT2D eigenvalue weighted by molar-refractivity contribution is 5.95. The maximum absolute atomic E-state index is 13.0. The maximum Gasteiger partial charge on any atom is 0.253 e. The van der Waals surface area contributed by atoms with E-state index in [4.69, 9.17) is 9.15 Å². The van der Waals surface area contributed by atoms with Crippen molar-refractivity contribution in [2.24, 2.45) is 5.92 Å². The number of furan rings is 1. The van der Waals surface area contributed by atoms with Gasteiger partial charge >= 0.3 is 0 Å². The van der Waals surface area contributed by atoms with Crippen LogP contribution in [0.1, 0.15) is 23.2 Å². The van der Waals surface area contributed by atoms with Crippen LogP contribution in [0.3, 0.4) is 0 Å². The Morgan fingerprint density at radius 1 is 1.00 bits per heavy atom. The number of hydrogen-bond acceptors (Lipinski definition) is 4. The number of rotatable bonds is 3. The van der Waals surface area contributed by atoms with E-state index in [1.807, 2.05) is 46.2 Å². The zero-order valence-corrected chi connectivity index (χ0v) is 15.3. The van der Waals surface area contributed by atoms with Crippen molar-refractivity contribution >= 4 is 11.8 Å².